The number of ether oxygens (including phenoxy) is 1. The molecule has 1 saturated heterocycles. The lowest BCUT2D eigenvalue weighted by molar-refractivity contribution is -0.177. The molecule has 0 radical (unpaired) electrons. The van der Waals surface area contributed by atoms with Crippen molar-refractivity contribution in [2.75, 3.05) is 39.7 Å². The Morgan fingerprint density at radius 3 is 2.46 bits per heavy atom. The number of hydrogen-bond acceptors (Lipinski definition) is 8. The average Bonchev–Trinajstić information content (AvgIpc) is 3.42. The Balaban J connectivity index is 1.48. The van der Waals surface area contributed by atoms with Gasteiger partial charge >= 0.3 is 0 Å². The van der Waals surface area contributed by atoms with Gasteiger partial charge in [0, 0.05) is 75.6 Å². The van der Waals surface area contributed by atoms with Crippen LogP contribution in [0.3, 0.4) is 0 Å². The number of carbonyl (C=O) groups is 2. The molecule has 274 valence electrons. The molecule has 3 saturated carbocycles. The minimum absolute atomic E-state index is 0.0603. The molecule has 50 heavy (non-hydrogen) atoms. The van der Waals surface area contributed by atoms with Gasteiger partial charge in [0.2, 0.25) is 11.8 Å². The van der Waals surface area contributed by atoms with Crippen molar-refractivity contribution in [1.82, 2.24) is 20.6 Å². The number of hydroxylamine groups is 2. The number of amides is 2. The van der Waals surface area contributed by atoms with Crippen molar-refractivity contribution >= 4 is 17.5 Å². The number of rotatable bonds is 13. The van der Waals surface area contributed by atoms with Crippen LogP contribution in [0.2, 0.25) is 0 Å². The molecular weight excluding hydrogens is 630 g/mol. The average molecular weight is 690 g/mol. The number of fused-ring (bicyclic) bond motifs is 2. The zero-order chi connectivity index (χ0) is 36.7. The first-order valence-corrected chi connectivity index (χ1v) is 18.0. The zero-order valence-electron chi connectivity index (χ0n) is 31.7. The van der Waals surface area contributed by atoms with Crippen LogP contribution in [0.5, 0.6) is 5.75 Å². The molecule has 0 unspecified atom stereocenters. The van der Waals surface area contributed by atoms with Gasteiger partial charge in [-0.1, -0.05) is 45.5 Å². The highest BCUT2D eigenvalue weighted by Gasteiger charge is 2.57. The third-order valence-corrected chi connectivity index (χ3v) is 11.9. The number of aliphatic hydroxyl groups is 1. The second-order valence-electron chi connectivity index (χ2n) is 15.9. The summed E-state index contributed by atoms with van der Waals surface area (Å²) in [5.74, 6) is 1.28. The quantitative estimate of drug-likeness (QED) is 0.264. The van der Waals surface area contributed by atoms with E-state index < -0.39 is 24.2 Å². The first-order valence-electron chi connectivity index (χ1n) is 18.0. The fourth-order valence-corrected chi connectivity index (χ4v) is 8.68. The Morgan fingerprint density at radius 1 is 1.16 bits per heavy atom. The molecule has 0 spiro atoms. The number of aliphatic hydroxyl groups excluding tert-OH is 1. The molecule has 4 aliphatic rings. The van der Waals surface area contributed by atoms with Gasteiger partial charge in [-0.25, -0.2) is 0 Å². The summed E-state index contributed by atoms with van der Waals surface area (Å²) in [6.07, 6.45) is 0.714. The lowest BCUT2D eigenvalue weighted by Crippen LogP contribution is -2.62. The predicted molar refractivity (Wildman–Crippen MR) is 198 cm³/mol. The summed E-state index contributed by atoms with van der Waals surface area (Å²) in [7, 11) is 7.76. The zero-order valence-corrected chi connectivity index (χ0v) is 31.7. The number of carbonyl (C=O) groups excluding carboxylic acids is 2. The number of allylic oxidation sites excluding steroid dienone is 1. The van der Waals surface area contributed by atoms with E-state index >= 15 is 0 Å². The highest BCUT2D eigenvalue weighted by molar-refractivity contribution is 5.83. The van der Waals surface area contributed by atoms with Crippen molar-refractivity contribution in [2.45, 2.75) is 91.8 Å². The normalized spacial score (nSPS) is 27.5. The van der Waals surface area contributed by atoms with Crippen LogP contribution in [-0.2, 0) is 27.5 Å². The van der Waals surface area contributed by atoms with Crippen molar-refractivity contribution in [3.63, 3.8) is 0 Å². The summed E-state index contributed by atoms with van der Waals surface area (Å²) in [5, 5.41) is 19.1. The minimum Gasteiger partial charge on any atom is -0.496 e. The van der Waals surface area contributed by atoms with Crippen LogP contribution in [0.1, 0.15) is 65.5 Å². The van der Waals surface area contributed by atoms with Gasteiger partial charge in [-0.05, 0) is 79.2 Å². The third kappa shape index (κ3) is 7.53. The number of benzene rings is 2. The summed E-state index contributed by atoms with van der Waals surface area (Å²) < 4.78 is 6.12. The van der Waals surface area contributed by atoms with Gasteiger partial charge in [0.15, 0.2) is 0 Å². The van der Waals surface area contributed by atoms with Gasteiger partial charge in [-0.3, -0.25) is 14.4 Å². The van der Waals surface area contributed by atoms with E-state index in [0.717, 1.165) is 40.1 Å². The Kier molecular flexibility index (Phi) is 11.2. The summed E-state index contributed by atoms with van der Waals surface area (Å²) in [6.45, 7) is 17.3. The topological polar surface area (TPSA) is 107 Å². The second kappa shape index (κ2) is 14.9. The highest BCUT2D eigenvalue weighted by atomic mass is 16.7. The van der Waals surface area contributed by atoms with E-state index in [9.17, 15) is 14.7 Å². The van der Waals surface area contributed by atoms with Crippen LogP contribution >= 0.6 is 0 Å². The SMILES string of the molecule is C=C(C)N(C)Cc1cc(-c2cccc(CN3O[C@@H](CNC(C)=O)[C@H]([C@H](C)O)[C@H]3C(=O)N[C@H]3C[C@@H]4C[C@@H]([C@@H]3C)C4(C)C)c2OC)cc(N(C)C)c1. The fraction of sp³-hybridized carbons (Fsp3) is 0.600. The number of para-hydroxylation sites is 1. The summed E-state index contributed by atoms with van der Waals surface area (Å²) >= 11 is 0. The Bertz CT molecular complexity index is 1570. The van der Waals surface area contributed by atoms with Crippen molar-refractivity contribution in [1.29, 1.82) is 0 Å². The maximum Gasteiger partial charge on any atom is 0.240 e. The van der Waals surface area contributed by atoms with E-state index in [1.54, 1.807) is 19.1 Å². The van der Waals surface area contributed by atoms with Crippen molar-refractivity contribution in [3.8, 4) is 16.9 Å². The maximum atomic E-state index is 14.4. The molecule has 2 aromatic rings. The van der Waals surface area contributed by atoms with Crippen LogP contribution in [-0.4, -0.2) is 86.0 Å². The van der Waals surface area contributed by atoms with Crippen LogP contribution in [0.4, 0.5) is 5.69 Å². The molecular formula is C40H59N5O5. The lowest BCUT2D eigenvalue weighted by Gasteiger charge is -2.62. The van der Waals surface area contributed by atoms with E-state index in [-0.39, 0.29) is 30.9 Å². The van der Waals surface area contributed by atoms with Crippen LogP contribution in [0, 0.1) is 29.1 Å². The van der Waals surface area contributed by atoms with Crippen molar-refractivity contribution < 1.29 is 24.3 Å². The predicted octanol–water partition coefficient (Wildman–Crippen LogP) is 5.20. The molecule has 3 aliphatic carbocycles. The van der Waals surface area contributed by atoms with Gasteiger partial charge in [0.25, 0.3) is 0 Å². The molecule has 2 aromatic carbocycles. The van der Waals surface area contributed by atoms with Crippen LogP contribution in [0.25, 0.3) is 11.1 Å². The van der Waals surface area contributed by atoms with Gasteiger partial charge in [0.1, 0.15) is 17.9 Å². The van der Waals surface area contributed by atoms with E-state index in [0.29, 0.717) is 35.5 Å². The van der Waals surface area contributed by atoms with Gasteiger partial charge in [-0.15, -0.1) is 0 Å². The summed E-state index contributed by atoms with van der Waals surface area (Å²) in [4.78, 5) is 37.0. The molecule has 6 rings (SSSR count). The monoisotopic (exact) mass is 689 g/mol. The number of anilines is 1. The maximum absolute atomic E-state index is 14.4. The van der Waals surface area contributed by atoms with E-state index in [2.05, 4.69) is 66.0 Å². The van der Waals surface area contributed by atoms with Gasteiger partial charge < -0.3 is 30.3 Å². The number of hydrogen-bond donors (Lipinski definition) is 3. The molecule has 4 fully saturated rings. The standard InChI is InChI=1S/C40H59N5O5/c1-23(2)44(10)21-27-15-29(17-31(16-27)43(8)9)32-14-12-13-28(38(32)49-11)22-45-37(36(25(4)46)35(50-45)20-41-26(5)47)39(48)42-34-19-30-18-33(24(34)3)40(30,6)7/h12-17,24-25,30,33-37,46H,1,18-22H2,2-11H3,(H,41,47)(H,42,48)/t24-,25-,30-,33-,34-,35-,36-,37-/m0/s1. The van der Waals surface area contributed by atoms with E-state index in [1.165, 1.54) is 13.3 Å². The Labute approximate surface area is 299 Å². The Morgan fingerprint density at radius 2 is 1.88 bits per heavy atom. The molecule has 1 heterocycles. The molecule has 3 N–H and O–H groups in total. The molecule has 2 bridgehead atoms. The van der Waals surface area contributed by atoms with Crippen LogP contribution < -0.4 is 20.3 Å². The fourth-order valence-electron chi connectivity index (χ4n) is 8.68. The number of nitrogens with zero attached hydrogens (tertiary/aromatic N) is 3. The summed E-state index contributed by atoms with van der Waals surface area (Å²) in [5.41, 5.74) is 6.26. The molecule has 8 atom stereocenters. The van der Waals surface area contributed by atoms with E-state index in [4.69, 9.17) is 9.57 Å². The first kappa shape index (κ1) is 37.7. The van der Waals surface area contributed by atoms with Gasteiger partial charge in [-0.2, -0.15) is 5.06 Å². The molecule has 0 aromatic heterocycles. The third-order valence-electron chi connectivity index (χ3n) is 11.9. The molecule has 10 heteroatoms. The van der Waals surface area contributed by atoms with Gasteiger partial charge in [0.05, 0.1) is 19.8 Å². The molecule has 10 nitrogen and oxygen atoms in total. The minimum atomic E-state index is -0.858. The summed E-state index contributed by atoms with van der Waals surface area (Å²) in [6, 6.07) is 11.8. The van der Waals surface area contributed by atoms with Crippen molar-refractivity contribution in [3.05, 3.63) is 59.8 Å². The van der Waals surface area contributed by atoms with E-state index in [1.807, 2.05) is 46.3 Å². The lowest BCUT2D eigenvalue weighted by atomic mass is 9.45. The Hall–Kier alpha value is -3.60. The smallest absolute Gasteiger partial charge is 0.240 e. The number of methoxy groups -OCH3 is 1. The van der Waals surface area contributed by atoms with Crippen molar-refractivity contribution in [2.24, 2.45) is 29.1 Å². The highest BCUT2D eigenvalue weighted by Crippen LogP contribution is 2.61. The second-order valence-corrected chi connectivity index (χ2v) is 15.9. The largest absolute Gasteiger partial charge is 0.496 e. The molecule has 2 amide bonds. The first-order chi connectivity index (χ1) is 23.5. The number of nitrogens with one attached hydrogen (secondary N) is 2. The van der Waals surface area contributed by atoms with Crippen LogP contribution in [0.15, 0.2) is 48.7 Å². The molecule has 1 aliphatic heterocycles.